The molecule has 0 bridgehead atoms. The zero-order valence-corrected chi connectivity index (χ0v) is 14.6. The molecule has 3 aliphatic rings. The van der Waals surface area contributed by atoms with Crippen LogP contribution < -0.4 is 16.4 Å². The second kappa shape index (κ2) is 5.41. The van der Waals surface area contributed by atoms with Gasteiger partial charge in [0.05, 0.1) is 17.9 Å². The Bertz CT molecular complexity index is 625. The van der Waals surface area contributed by atoms with E-state index in [-0.39, 0.29) is 23.6 Å². The summed E-state index contributed by atoms with van der Waals surface area (Å²) in [6, 6.07) is 5.88. The van der Waals surface area contributed by atoms with Crippen LogP contribution in [0, 0.1) is 11.2 Å². The Kier molecular flexibility index (Phi) is 3.68. The monoisotopic (exact) mass is 333 g/mol. The molecular formula is C19H28FN3O. The van der Waals surface area contributed by atoms with E-state index in [1.807, 2.05) is 26.0 Å². The minimum Gasteiger partial charge on any atom is -0.372 e. The maximum absolute atomic E-state index is 14.8. The summed E-state index contributed by atoms with van der Waals surface area (Å²) in [5.74, 6) is -0.176. The molecule has 2 aliphatic carbocycles. The molecule has 1 heterocycles. The van der Waals surface area contributed by atoms with E-state index in [1.165, 1.54) is 0 Å². The fraction of sp³-hybridized carbons (Fsp3) is 0.684. The molecule has 4 N–H and O–H groups in total. The number of nitrogens with two attached hydrogens (primary N) is 2. The fourth-order valence-electron chi connectivity index (χ4n) is 5.28. The molecule has 132 valence electrons. The van der Waals surface area contributed by atoms with Crippen LogP contribution in [0.25, 0.3) is 0 Å². The van der Waals surface area contributed by atoms with Crippen molar-refractivity contribution in [1.82, 2.24) is 0 Å². The van der Waals surface area contributed by atoms with Crippen LogP contribution in [0.15, 0.2) is 18.2 Å². The van der Waals surface area contributed by atoms with Gasteiger partial charge in [-0.05, 0) is 62.6 Å². The predicted octanol–water partition coefficient (Wildman–Crippen LogP) is 2.49. The second-order valence-electron chi connectivity index (χ2n) is 8.51. The molecule has 1 spiro atoms. The van der Waals surface area contributed by atoms with Crippen LogP contribution in [0.5, 0.6) is 0 Å². The van der Waals surface area contributed by atoms with Crippen LogP contribution in [-0.2, 0) is 10.3 Å². The van der Waals surface area contributed by atoms with Gasteiger partial charge in [0.25, 0.3) is 0 Å². The van der Waals surface area contributed by atoms with Crippen molar-refractivity contribution in [2.75, 3.05) is 18.0 Å². The first-order valence-electron chi connectivity index (χ1n) is 9.04. The molecule has 2 atom stereocenters. The number of rotatable bonds is 2. The quantitative estimate of drug-likeness (QED) is 0.873. The van der Waals surface area contributed by atoms with Crippen LogP contribution in [0.1, 0.15) is 45.1 Å². The van der Waals surface area contributed by atoms with Crippen molar-refractivity contribution in [3.8, 4) is 0 Å². The fourth-order valence-corrected chi connectivity index (χ4v) is 5.28. The molecule has 2 saturated carbocycles. The van der Waals surface area contributed by atoms with Gasteiger partial charge in [0.1, 0.15) is 5.82 Å². The number of anilines is 1. The molecule has 2 unspecified atom stereocenters. The summed E-state index contributed by atoms with van der Waals surface area (Å²) in [5, 5.41) is 0. The van der Waals surface area contributed by atoms with Crippen molar-refractivity contribution >= 4 is 5.69 Å². The number of halogens is 1. The third kappa shape index (κ3) is 2.63. The molecule has 1 aliphatic heterocycles. The van der Waals surface area contributed by atoms with Crippen LogP contribution in [0.2, 0.25) is 0 Å². The first kappa shape index (κ1) is 16.3. The summed E-state index contributed by atoms with van der Waals surface area (Å²) in [6.07, 6.45) is 4.22. The lowest BCUT2D eigenvalue weighted by atomic mass is 9.46. The van der Waals surface area contributed by atoms with Gasteiger partial charge in [-0.1, -0.05) is 6.07 Å². The van der Waals surface area contributed by atoms with Crippen molar-refractivity contribution in [3.05, 3.63) is 29.6 Å². The van der Waals surface area contributed by atoms with E-state index in [0.29, 0.717) is 17.1 Å². The summed E-state index contributed by atoms with van der Waals surface area (Å²) in [4.78, 5) is 2.08. The van der Waals surface area contributed by atoms with Gasteiger partial charge in [-0.2, -0.15) is 0 Å². The van der Waals surface area contributed by atoms with Crippen molar-refractivity contribution in [3.63, 3.8) is 0 Å². The summed E-state index contributed by atoms with van der Waals surface area (Å²) in [7, 11) is 0. The first-order chi connectivity index (χ1) is 11.3. The average molecular weight is 333 g/mol. The topological polar surface area (TPSA) is 64.5 Å². The van der Waals surface area contributed by atoms with Crippen LogP contribution in [0.4, 0.5) is 10.1 Å². The summed E-state index contributed by atoms with van der Waals surface area (Å²) < 4.78 is 20.5. The van der Waals surface area contributed by atoms with E-state index >= 15 is 0 Å². The summed E-state index contributed by atoms with van der Waals surface area (Å²) in [5.41, 5.74) is 14.0. The Morgan fingerprint density at radius 3 is 2.33 bits per heavy atom. The third-order valence-electron chi connectivity index (χ3n) is 6.05. The van der Waals surface area contributed by atoms with Gasteiger partial charge in [-0.3, -0.25) is 0 Å². The number of nitrogens with zero attached hydrogens (tertiary/aromatic N) is 1. The van der Waals surface area contributed by atoms with E-state index in [0.717, 1.165) is 44.3 Å². The lowest BCUT2D eigenvalue weighted by molar-refractivity contribution is -0.0591. The predicted molar refractivity (Wildman–Crippen MR) is 93.4 cm³/mol. The van der Waals surface area contributed by atoms with Crippen molar-refractivity contribution in [1.29, 1.82) is 0 Å². The first-order valence-corrected chi connectivity index (χ1v) is 9.04. The van der Waals surface area contributed by atoms with Gasteiger partial charge in [0.2, 0.25) is 0 Å². The molecule has 4 nitrogen and oxygen atoms in total. The Balaban J connectivity index is 1.50. The number of morpholine rings is 1. The van der Waals surface area contributed by atoms with Crippen LogP contribution in [-0.4, -0.2) is 31.3 Å². The number of hydrogen-bond acceptors (Lipinski definition) is 4. The Labute approximate surface area is 143 Å². The van der Waals surface area contributed by atoms with E-state index in [9.17, 15) is 4.39 Å². The molecular weight excluding hydrogens is 305 g/mol. The van der Waals surface area contributed by atoms with Gasteiger partial charge < -0.3 is 21.1 Å². The van der Waals surface area contributed by atoms with Gasteiger partial charge in [0.15, 0.2) is 0 Å². The molecule has 24 heavy (non-hydrogen) atoms. The highest BCUT2D eigenvalue weighted by Gasteiger charge is 2.58. The highest BCUT2D eigenvalue weighted by Crippen LogP contribution is 2.62. The van der Waals surface area contributed by atoms with Gasteiger partial charge in [0, 0.05) is 24.7 Å². The molecule has 0 radical (unpaired) electrons. The highest BCUT2D eigenvalue weighted by molar-refractivity contribution is 5.51. The minimum absolute atomic E-state index is 0.114. The molecule has 0 amide bonds. The Hall–Kier alpha value is -1.17. The van der Waals surface area contributed by atoms with E-state index in [1.54, 1.807) is 6.07 Å². The average Bonchev–Trinajstić information content (AvgIpc) is 2.42. The third-order valence-corrected chi connectivity index (χ3v) is 6.05. The Morgan fingerprint density at radius 2 is 1.79 bits per heavy atom. The molecule has 4 rings (SSSR count). The minimum atomic E-state index is -0.384. The molecule has 5 heteroatoms. The largest absolute Gasteiger partial charge is 0.372 e. The highest BCUT2D eigenvalue weighted by atomic mass is 19.1. The lowest BCUT2D eigenvalue weighted by Crippen LogP contribution is -2.63. The maximum atomic E-state index is 14.8. The summed E-state index contributed by atoms with van der Waals surface area (Å²) in [6.45, 7) is 5.49. The Morgan fingerprint density at radius 1 is 1.17 bits per heavy atom. The molecule has 1 aromatic carbocycles. The van der Waals surface area contributed by atoms with Crippen LogP contribution in [0.3, 0.4) is 0 Å². The standard InChI is InChI=1S/C19H28FN3O/c1-12-8-23(9-13(2)24-12)17-4-3-14(5-16(17)20)19(22)10-18(11-19)6-15(21)7-18/h3-5,12-13,15H,6-11,21-22H2,1-2H3. The van der Waals surface area contributed by atoms with Crippen molar-refractivity contribution in [2.24, 2.45) is 16.9 Å². The van der Waals surface area contributed by atoms with Gasteiger partial charge in [-0.25, -0.2) is 4.39 Å². The number of hydrogen-bond donors (Lipinski definition) is 2. The van der Waals surface area contributed by atoms with Gasteiger partial charge in [-0.15, -0.1) is 0 Å². The molecule has 0 aromatic heterocycles. The van der Waals surface area contributed by atoms with Gasteiger partial charge >= 0.3 is 0 Å². The van der Waals surface area contributed by atoms with Crippen LogP contribution >= 0.6 is 0 Å². The molecule has 1 aromatic rings. The number of ether oxygens (including phenoxy) is 1. The second-order valence-corrected chi connectivity index (χ2v) is 8.51. The molecule has 1 saturated heterocycles. The number of benzene rings is 1. The maximum Gasteiger partial charge on any atom is 0.146 e. The smallest absolute Gasteiger partial charge is 0.146 e. The van der Waals surface area contributed by atoms with Crippen molar-refractivity contribution in [2.45, 2.75) is 63.3 Å². The SMILES string of the molecule is CC1CN(c2ccc(C3(N)CC4(CC(N)C4)C3)cc2F)CC(C)O1. The van der Waals surface area contributed by atoms with E-state index < -0.39 is 0 Å². The summed E-state index contributed by atoms with van der Waals surface area (Å²) >= 11 is 0. The van der Waals surface area contributed by atoms with Crippen molar-refractivity contribution < 1.29 is 9.13 Å². The molecule has 3 fully saturated rings. The lowest BCUT2D eigenvalue weighted by Gasteiger charge is -2.62. The zero-order valence-electron chi connectivity index (χ0n) is 14.6. The normalized spacial score (nSPS) is 41.9. The van der Waals surface area contributed by atoms with E-state index in [2.05, 4.69) is 4.90 Å². The zero-order chi connectivity index (χ0) is 17.1. The van der Waals surface area contributed by atoms with E-state index in [4.69, 9.17) is 16.2 Å².